The second-order valence-corrected chi connectivity index (χ2v) is 5.87. The lowest BCUT2D eigenvalue weighted by Gasteiger charge is -2.12. The summed E-state index contributed by atoms with van der Waals surface area (Å²) in [6, 6.07) is 22.8. The molecular weight excluding hydrogens is 326 g/mol. The normalized spacial score (nSPS) is 10.2. The number of rotatable bonds is 6. The maximum Gasteiger partial charge on any atom is 0.255 e. The molecule has 0 saturated carbocycles. The molecule has 0 aliphatic heterocycles. The average Bonchev–Trinajstić information content (AvgIpc) is 2.69. The van der Waals surface area contributed by atoms with Crippen LogP contribution in [0.4, 0.5) is 5.69 Å². The SMILES string of the molecule is COc1ccc(C(=O)Nc2ccc(OC)c(Cc3ccccc3)c2)cc1. The van der Waals surface area contributed by atoms with Gasteiger partial charge in [0.1, 0.15) is 11.5 Å². The fourth-order valence-corrected chi connectivity index (χ4v) is 2.76. The molecule has 26 heavy (non-hydrogen) atoms. The van der Waals surface area contributed by atoms with Crippen LogP contribution >= 0.6 is 0 Å². The largest absolute Gasteiger partial charge is 0.497 e. The van der Waals surface area contributed by atoms with E-state index in [1.807, 2.05) is 36.4 Å². The Morgan fingerprint density at radius 1 is 0.885 bits per heavy atom. The van der Waals surface area contributed by atoms with Gasteiger partial charge in [-0.2, -0.15) is 0 Å². The maximum atomic E-state index is 12.5. The summed E-state index contributed by atoms with van der Waals surface area (Å²) in [5.74, 6) is 1.36. The number of carbonyl (C=O) groups excluding carboxylic acids is 1. The van der Waals surface area contributed by atoms with Crippen LogP contribution in [0.5, 0.6) is 11.5 Å². The molecule has 0 atom stereocenters. The Bertz CT molecular complexity index is 874. The van der Waals surface area contributed by atoms with E-state index in [9.17, 15) is 4.79 Å². The molecule has 0 aliphatic rings. The van der Waals surface area contributed by atoms with Crippen molar-refractivity contribution in [3.05, 3.63) is 89.5 Å². The highest BCUT2D eigenvalue weighted by Gasteiger charge is 2.10. The second-order valence-electron chi connectivity index (χ2n) is 5.87. The fraction of sp³-hybridized carbons (Fsp3) is 0.136. The van der Waals surface area contributed by atoms with Crippen LogP contribution in [0.15, 0.2) is 72.8 Å². The third kappa shape index (κ3) is 4.22. The van der Waals surface area contributed by atoms with Crippen molar-refractivity contribution in [2.45, 2.75) is 6.42 Å². The summed E-state index contributed by atoms with van der Waals surface area (Å²) < 4.78 is 10.6. The van der Waals surface area contributed by atoms with Crippen LogP contribution in [0.1, 0.15) is 21.5 Å². The van der Waals surface area contributed by atoms with Gasteiger partial charge in [-0.05, 0) is 48.0 Å². The number of anilines is 1. The lowest BCUT2D eigenvalue weighted by molar-refractivity contribution is 0.102. The maximum absolute atomic E-state index is 12.5. The molecule has 0 radical (unpaired) electrons. The van der Waals surface area contributed by atoms with Crippen molar-refractivity contribution in [2.75, 3.05) is 19.5 Å². The van der Waals surface area contributed by atoms with Crippen LogP contribution in [-0.2, 0) is 6.42 Å². The van der Waals surface area contributed by atoms with E-state index < -0.39 is 0 Å². The summed E-state index contributed by atoms with van der Waals surface area (Å²) in [5.41, 5.74) is 3.51. The van der Waals surface area contributed by atoms with Crippen molar-refractivity contribution < 1.29 is 14.3 Å². The highest BCUT2D eigenvalue weighted by Crippen LogP contribution is 2.25. The summed E-state index contributed by atoms with van der Waals surface area (Å²) in [7, 11) is 3.25. The first-order valence-electron chi connectivity index (χ1n) is 8.36. The summed E-state index contributed by atoms with van der Waals surface area (Å²) in [6.45, 7) is 0. The van der Waals surface area contributed by atoms with Gasteiger partial charge in [-0.25, -0.2) is 0 Å². The predicted molar refractivity (Wildman–Crippen MR) is 103 cm³/mol. The minimum absolute atomic E-state index is 0.163. The molecule has 0 aromatic heterocycles. The predicted octanol–water partition coefficient (Wildman–Crippen LogP) is 4.55. The van der Waals surface area contributed by atoms with E-state index in [-0.39, 0.29) is 5.91 Å². The molecule has 0 aliphatic carbocycles. The average molecular weight is 347 g/mol. The lowest BCUT2D eigenvalue weighted by Crippen LogP contribution is -2.12. The van der Waals surface area contributed by atoms with E-state index in [1.54, 1.807) is 38.5 Å². The number of methoxy groups -OCH3 is 2. The molecule has 1 amide bonds. The number of hydrogen-bond donors (Lipinski definition) is 1. The molecule has 4 heteroatoms. The van der Waals surface area contributed by atoms with E-state index in [4.69, 9.17) is 9.47 Å². The van der Waals surface area contributed by atoms with Crippen molar-refractivity contribution in [3.8, 4) is 11.5 Å². The lowest BCUT2D eigenvalue weighted by atomic mass is 10.0. The van der Waals surface area contributed by atoms with Crippen LogP contribution in [0, 0.1) is 0 Å². The molecule has 0 unspecified atom stereocenters. The Labute approximate surface area is 153 Å². The first-order valence-corrected chi connectivity index (χ1v) is 8.36. The van der Waals surface area contributed by atoms with Crippen LogP contribution in [0.2, 0.25) is 0 Å². The Morgan fingerprint density at radius 2 is 1.62 bits per heavy atom. The second kappa shape index (κ2) is 8.21. The van der Waals surface area contributed by atoms with Crippen molar-refractivity contribution in [2.24, 2.45) is 0 Å². The Morgan fingerprint density at radius 3 is 2.27 bits per heavy atom. The Balaban J connectivity index is 1.79. The Kier molecular flexibility index (Phi) is 5.54. The molecule has 3 aromatic rings. The molecule has 1 N–H and O–H groups in total. The first-order chi connectivity index (χ1) is 12.7. The van der Waals surface area contributed by atoms with Crippen LogP contribution in [0.25, 0.3) is 0 Å². The van der Waals surface area contributed by atoms with Gasteiger partial charge in [0.2, 0.25) is 0 Å². The molecule has 0 heterocycles. The summed E-state index contributed by atoms with van der Waals surface area (Å²) in [4.78, 5) is 12.5. The molecular formula is C22H21NO3. The minimum Gasteiger partial charge on any atom is -0.497 e. The van der Waals surface area contributed by atoms with Crippen LogP contribution < -0.4 is 14.8 Å². The quantitative estimate of drug-likeness (QED) is 0.712. The van der Waals surface area contributed by atoms with Crippen molar-refractivity contribution in [1.82, 2.24) is 0 Å². The number of ether oxygens (including phenoxy) is 2. The molecule has 0 bridgehead atoms. The van der Waals surface area contributed by atoms with E-state index >= 15 is 0 Å². The highest BCUT2D eigenvalue weighted by molar-refractivity contribution is 6.04. The standard InChI is InChI=1S/C22H21NO3/c1-25-20-11-8-17(9-12-20)22(24)23-19-10-13-21(26-2)18(15-19)14-16-6-4-3-5-7-16/h3-13,15H,14H2,1-2H3,(H,23,24). The molecule has 3 aromatic carbocycles. The van der Waals surface area contributed by atoms with Gasteiger partial charge in [-0.3, -0.25) is 4.79 Å². The topological polar surface area (TPSA) is 47.6 Å². The van der Waals surface area contributed by atoms with Gasteiger partial charge in [-0.1, -0.05) is 30.3 Å². The number of hydrogen-bond acceptors (Lipinski definition) is 3. The zero-order chi connectivity index (χ0) is 18.4. The zero-order valence-corrected chi connectivity index (χ0v) is 14.9. The van der Waals surface area contributed by atoms with Crippen LogP contribution in [-0.4, -0.2) is 20.1 Å². The number of nitrogens with one attached hydrogen (secondary N) is 1. The van der Waals surface area contributed by atoms with Crippen molar-refractivity contribution in [3.63, 3.8) is 0 Å². The number of carbonyl (C=O) groups is 1. The van der Waals surface area contributed by atoms with Crippen LogP contribution in [0.3, 0.4) is 0 Å². The molecule has 0 spiro atoms. The smallest absolute Gasteiger partial charge is 0.255 e. The van der Waals surface area contributed by atoms with E-state index in [2.05, 4.69) is 17.4 Å². The fourth-order valence-electron chi connectivity index (χ4n) is 2.76. The van der Waals surface area contributed by atoms with Gasteiger partial charge < -0.3 is 14.8 Å². The zero-order valence-electron chi connectivity index (χ0n) is 14.9. The summed E-state index contributed by atoms with van der Waals surface area (Å²) in [6.07, 6.45) is 0.732. The monoisotopic (exact) mass is 347 g/mol. The third-order valence-corrected chi connectivity index (χ3v) is 4.13. The minimum atomic E-state index is -0.163. The van der Waals surface area contributed by atoms with Gasteiger partial charge in [-0.15, -0.1) is 0 Å². The van der Waals surface area contributed by atoms with E-state index in [0.29, 0.717) is 5.56 Å². The number of benzene rings is 3. The molecule has 0 fully saturated rings. The first kappa shape index (κ1) is 17.5. The van der Waals surface area contributed by atoms with Gasteiger partial charge in [0.05, 0.1) is 14.2 Å². The summed E-state index contributed by atoms with van der Waals surface area (Å²) >= 11 is 0. The van der Waals surface area contributed by atoms with Gasteiger partial charge >= 0.3 is 0 Å². The molecule has 132 valence electrons. The highest BCUT2D eigenvalue weighted by atomic mass is 16.5. The Hall–Kier alpha value is -3.27. The van der Waals surface area contributed by atoms with Gasteiger partial charge in [0.25, 0.3) is 5.91 Å². The summed E-state index contributed by atoms with van der Waals surface area (Å²) in [5, 5.41) is 2.94. The van der Waals surface area contributed by atoms with Gasteiger partial charge in [0, 0.05) is 23.2 Å². The van der Waals surface area contributed by atoms with Crippen molar-refractivity contribution in [1.29, 1.82) is 0 Å². The molecule has 3 rings (SSSR count). The van der Waals surface area contributed by atoms with Crippen molar-refractivity contribution >= 4 is 11.6 Å². The molecule has 0 saturated heterocycles. The number of amides is 1. The molecule has 4 nitrogen and oxygen atoms in total. The third-order valence-electron chi connectivity index (χ3n) is 4.13. The van der Waals surface area contributed by atoms with E-state index in [0.717, 1.165) is 29.2 Å². The van der Waals surface area contributed by atoms with E-state index in [1.165, 1.54) is 5.56 Å². The van der Waals surface area contributed by atoms with Gasteiger partial charge in [0.15, 0.2) is 0 Å².